The molecule has 150 valence electrons. The Hall–Kier alpha value is -3.07. The van der Waals surface area contributed by atoms with Gasteiger partial charge in [0.15, 0.2) is 6.61 Å². The second-order valence-corrected chi connectivity index (χ2v) is 6.19. The lowest BCUT2D eigenvalue weighted by Gasteiger charge is -2.10. The monoisotopic (exact) mass is 407 g/mol. The van der Waals surface area contributed by atoms with E-state index in [9.17, 15) is 14.4 Å². The molecule has 0 bridgehead atoms. The van der Waals surface area contributed by atoms with Gasteiger partial charge in [-0.1, -0.05) is 6.07 Å². The summed E-state index contributed by atoms with van der Waals surface area (Å²) in [4.78, 5) is 36.6. The number of rotatable bonds is 9. The topological polar surface area (TPSA) is 100 Å². The maximum Gasteiger partial charge on any atom is 0.342 e. The molecule has 28 heavy (non-hydrogen) atoms. The standard InChI is InChI=1S/C19H21NO7S/c1-4-25-18(22)14-11-28-17(16(14)19(23)26-5-2)20-15(21)10-27-13-8-6-7-12(9-13)24-3/h6-9,11H,4-5,10H2,1-3H3,(H,20,21). The minimum atomic E-state index is -0.712. The lowest BCUT2D eigenvalue weighted by molar-refractivity contribution is -0.118. The van der Waals surface area contributed by atoms with Crippen LogP contribution in [0.3, 0.4) is 0 Å². The summed E-state index contributed by atoms with van der Waals surface area (Å²) in [7, 11) is 1.53. The molecule has 0 radical (unpaired) electrons. The number of anilines is 1. The summed E-state index contributed by atoms with van der Waals surface area (Å²) < 4.78 is 20.5. The molecule has 0 fully saturated rings. The third kappa shape index (κ3) is 5.46. The Morgan fingerprint density at radius 1 is 1.04 bits per heavy atom. The fourth-order valence-electron chi connectivity index (χ4n) is 2.22. The maximum absolute atomic E-state index is 12.3. The van der Waals surface area contributed by atoms with Crippen LogP contribution in [0, 0.1) is 0 Å². The van der Waals surface area contributed by atoms with Crippen LogP contribution in [0.2, 0.25) is 0 Å². The van der Waals surface area contributed by atoms with Crippen molar-refractivity contribution < 1.29 is 33.3 Å². The average molecular weight is 407 g/mol. The van der Waals surface area contributed by atoms with Gasteiger partial charge in [0.2, 0.25) is 0 Å². The lowest BCUT2D eigenvalue weighted by atomic mass is 10.2. The van der Waals surface area contributed by atoms with Crippen LogP contribution in [-0.2, 0) is 14.3 Å². The highest BCUT2D eigenvalue weighted by molar-refractivity contribution is 7.15. The summed E-state index contributed by atoms with van der Waals surface area (Å²) in [6.45, 7) is 3.31. The zero-order valence-electron chi connectivity index (χ0n) is 15.8. The van der Waals surface area contributed by atoms with Crippen LogP contribution in [0.1, 0.15) is 34.6 Å². The van der Waals surface area contributed by atoms with Crippen LogP contribution in [-0.4, -0.2) is 44.8 Å². The van der Waals surface area contributed by atoms with Crippen LogP contribution >= 0.6 is 11.3 Å². The van der Waals surface area contributed by atoms with E-state index in [2.05, 4.69) is 5.32 Å². The van der Waals surface area contributed by atoms with Gasteiger partial charge in [0.25, 0.3) is 5.91 Å². The number of nitrogens with one attached hydrogen (secondary N) is 1. The van der Waals surface area contributed by atoms with Gasteiger partial charge < -0.3 is 24.3 Å². The Balaban J connectivity index is 2.12. The van der Waals surface area contributed by atoms with Crippen molar-refractivity contribution in [3.05, 3.63) is 40.8 Å². The first-order chi connectivity index (χ1) is 13.5. The van der Waals surface area contributed by atoms with Crippen molar-refractivity contribution in [1.29, 1.82) is 0 Å². The van der Waals surface area contributed by atoms with Crippen LogP contribution in [0.5, 0.6) is 11.5 Å². The van der Waals surface area contributed by atoms with E-state index >= 15 is 0 Å². The van der Waals surface area contributed by atoms with E-state index in [-0.39, 0.29) is 35.9 Å². The van der Waals surface area contributed by atoms with Gasteiger partial charge in [0, 0.05) is 11.4 Å². The van der Waals surface area contributed by atoms with Crippen molar-refractivity contribution in [2.24, 2.45) is 0 Å². The molecule has 1 aromatic heterocycles. The second kappa shape index (κ2) is 10.3. The number of hydrogen-bond donors (Lipinski definition) is 1. The van der Waals surface area contributed by atoms with Gasteiger partial charge in [-0.25, -0.2) is 9.59 Å². The summed E-state index contributed by atoms with van der Waals surface area (Å²) in [6, 6.07) is 6.81. The molecule has 9 heteroatoms. The Morgan fingerprint density at radius 2 is 1.71 bits per heavy atom. The molecule has 2 rings (SSSR count). The molecule has 0 aliphatic heterocycles. The molecule has 0 aliphatic carbocycles. The van der Waals surface area contributed by atoms with Crippen LogP contribution < -0.4 is 14.8 Å². The SMILES string of the molecule is CCOC(=O)c1csc(NC(=O)COc2cccc(OC)c2)c1C(=O)OCC. The summed E-state index contributed by atoms with van der Waals surface area (Å²) in [5.74, 6) is -0.810. The molecule has 1 aromatic carbocycles. The minimum absolute atomic E-state index is 0.0277. The van der Waals surface area contributed by atoms with Gasteiger partial charge in [-0.2, -0.15) is 0 Å². The van der Waals surface area contributed by atoms with Crippen molar-refractivity contribution in [1.82, 2.24) is 0 Å². The Kier molecular flexibility index (Phi) is 7.82. The number of carbonyl (C=O) groups is 3. The molecule has 0 unspecified atom stereocenters. The molecule has 0 saturated carbocycles. The van der Waals surface area contributed by atoms with E-state index in [1.165, 1.54) is 12.5 Å². The molecule has 1 heterocycles. The number of methoxy groups -OCH3 is 1. The van der Waals surface area contributed by atoms with E-state index in [1.54, 1.807) is 38.1 Å². The fourth-order valence-corrected chi connectivity index (χ4v) is 3.15. The smallest absolute Gasteiger partial charge is 0.342 e. The number of carbonyl (C=O) groups excluding carboxylic acids is 3. The Morgan fingerprint density at radius 3 is 2.39 bits per heavy atom. The third-order valence-corrected chi connectivity index (χ3v) is 4.33. The second-order valence-electron chi connectivity index (χ2n) is 5.31. The van der Waals surface area contributed by atoms with E-state index < -0.39 is 17.8 Å². The number of ether oxygens (including phenoxy) is 4. The van der Waals surface area contributed by atoms with Crippen molar-refractivity contribution in [2.75, 3.05) is 32.2 Å². The molecule has 1 amide bonds. The van der Waals surface area contributed by atoms with Crippen molar-refractivity contribution in [2.45, 2.75) is 13.8 Å². The number of benzene rings is 1. The zero-order valence-corrected chi connectivity index (χ0v) is 16.6. The maximum atomic E-state index is 12.3. The summed E-state index contributed by atoms with van der Waals surface area (Å²) >= 11 is 1.03. The number of esters is 2. The first-order valence-corrected chi connectivity index (χ1v) is 9.40. The molecular weight excluding hydrogens is 386 g/mol. The van der Waals surface area contributed by atoms with E-state index in [4.69, 9.17) is 18.9 Å². The molecule has 0 saturated heterocycles. The van der Waals surface area contributed by atoms with Crippen molar-refractivity contribution >= 4 is 34.2 Å². The molecular formula is C19H21NO7S. The van der Waals surface area contributed by atoms with Gasteiger partial charge in [-0.05, 0) is 26.0 Å². The Labute approximate surface area is 166 Å². The normalized spacial score (nSPS) is 10.1. The van der Waals surface area contributed by atoms with E-state index in [0.29, 0.717) is 11.5 Å². The van der Waals surface area contributed by atoms with Crippen molar-refractivity contribution in [3.8, 4) is 11.5 Å². The first kappa shape index (κ1) is 21.2. The third-order valence-electron chi connectivity index (χ3n) is 3.43. The molecule has 2 aromatic rings. The van der Waals surface area contributed by atoms with Gasteiger partial charge >= 0.3 is 11.9 Å². The molecule has 0 atom stereocenters. The van der Waals surface area contributed by atoms with Crippen molar-refractivity contribution in [3.63, 3.8) is 0 Å². The summed E-state index contributed by atoms with van der Waals surface area (Å²) in [5.41, 5.74) is 0.0225. The number of thiophene rings is 1. The molecule has 1 N–H and O–H groups in total. The predicted octanol–water partition coefficient (Wildman–Crippen LogP) is 3.13. The van der Waals surface area contributed by atoms with Crippen LogP contribution in [0.25, 0.3) is 0 Å². The van der Waals surface area contributed by atoms with E-state index in [0.717, 1.165) is 11.3 Å². The van der Waals surface area contributed by atoms with Gasteiger partial charge in [-0.15, -0.1) is 11.3 Å². The van der Waals surface area contributed by atoms with Crippen LogP contribution in [0.15, 0.2) is 29.6 Å². The quantitative estimate of drug-likeness (QED) is 0.638. The fraction of sp³-hybridized carbons (Fsp3) is 0.316. The zero-order chi connectivity index (χ0) is 20.5. The minimum Gasteiger partial charge on any atom is -0.497 e. The average Bonchev–Trinajstić information content (AvgIpc) is 3.10. The van der Waals surface area contributed by atoms with Gasteiger partial charge in [0.1, 0.15) is 22.1 Å². The highest BCUT2D eigenvalue weighted by Crippen LogP contribution is 2.30. The predicted molar refractivity (Wildman–Crippen MR) is 103 cm³/mol. The molecule has 8 nitrogen and oxygen atoms in total. The largest absolute Gasteiger partial charge is 0.497 e. The van der Waals surface area contributed by atoms with Gasteiger partial charge in [-0.3, -0.25) is 4.79 Å². The van der Waals surface area contributed by atoms with E-state index in [1.807, 2.05) is 0 Å². The lowest BCUT2D eigenvalue weighted by Crippen LogP contribution is -2.22. The first-order valence-electron chi connectivity index (χ1n) is 8.52. The highest BCUT2D eigenvalue weighted by atomic mass is 32.1. The summed E-state index contributed by atoms with van der Waals surface area (Å²) in [5, 5.41) is 4.22. The van der Waals surface area contributed by atoms with Gasteiger partial charge in [0.05, 0.1) is 25.9 Å². The molecule has 0 aliphatic rings. The number of hydrogen-bond acceptors (Lipinski definition) is 8. The van der Waals surface area contributed by atoms with Crippen LogP contribution in [0.4, 0.5) is 5.00 Å². The Bertz CT molecular complexity index is 847. The molecule has 0 spiro atoms. The summed E-state index contributed by atoms with van der Waals surface area (Å²) in [6.07, 6.45) is 0. The number of amides is 1. The highest BCUT2D eigenvalue weighted by Gasteiger charge is 2.26.